The van der Waals surface area contributed by atoms with E-state index < -0.39 is 0 Å². The lowest BCUT2D eigenvalue weighted by atomic mass is 10.0. The van der Waals surface area contributed by atoms with Crippen molar-refractivity contribution in [1.82, 2.24) is 10.3 Å². The maximum atomic E-state index is 12.2. The molecule has 0 aliphatic carbocycles. The number of likely N-dealkylation sites (N-methyl/N-ethyl adjacent to an activating group) is 1. The van der Waals surface area contributed by atoms with Crippen molar-refractivity contribution in [3.63, 3.8) is 0 Å². The molecular weight excluding hydrogens is 362 g/mol. The highest BCUT2D eigenvalue weighted by Gasteiger charge is 2.13. The van der Waals surface area contributed by atoms with Gasteiger partial charge in [-0.2, -0.15) is 0 Å². The SMILES string of the molecule is CNC(C)C(=O)Nc1ccc(-c2cccc(OC)c2)c(C#Cc2ccccc2)n1. The number of carbonyl (C=O) groups excluding carboxylic acids is 1. The summed E-state index contributed by atoms with van der Waals surface area (Å²) in [7, 11) is 3.37. The molecule has 29 heavy (non-hydrogen) atoms. The minimum absolute atomic E-state index is 0.156. The molecule has 1 aromatic heterocycles. The Bertz CT molecular complexity index is 1050. The number of hydrogen-bond acceptors (Lipinski definition) is 4. The Labute approximate surface area is 171 Å². The molecule has 1 amide bonds. The molecule has 5 heteroatoms. The van der Waals surface area contributed by atoms with Crippen LogP contribution in [-0.4, -0.2) is 31.1 Å². The molecule has 0 saturated carbocycles. The summed E-state index contributed by atoms with van der Waals surface area (Å²) in [6.45, 7) is 1.79. The Morgan fingerprint density at radius 3 is 2.55 bits per heavy atom. The van der Waals surface area contributed by atoms with Crippen molar-refractivity contribution in [2.75, 3.05) is 19.5 Å². The van der Waals surface area contributed by atoms with Crippen LogP contribution in [0.3, 0.4) is 0 Å². The average molecular weight is 385 g/mol. The van der Waals surface area contributed by atoms with E-state index in [1.54, 1.807) is 27.1 Å². The summed E-state index contributed by atoms with van der Waals surface area (Å²) in [5.74, 6) is 7.36. The third kappa shape index (κ3) is 5.22. The fourth-order valence-electron chi connectivity index (χ4n) is 2.67. The molecule has 1 unspecified atom stereocenters. The largest absolute Gasteiger partial charge is 0.497 e. The topological polar surface area (TPSA) is 63.2 Å². The normalized spacial score (nSPS) is 11.1. The Morgan fingerprint density at radius 2 is 1.83 bits per heavy atom. The summed E-state index contributed by atoms with van der Waals surface area (Å²) in [4.78, 5) is 16.8. The molecule has 5 nitrogen and oxygen atoms in total. The van der Waals surface area contributed by atoms with Crippen molar-refractivity contribution in [2.24, 2.45) is 0 Å². The lowest BCUT2D eigenvalue weighted by Crippen LogP contribution is -2.35. The van der Waals surface area contributed by atoms with E-state index in [1.807, 2.05) is 60.7 Å². The second-order valence-corrected chi connectivity index (χ2v) is 6.44. The van der Waals surface area contributed by atoms with Crippen LogP contribution in [0.1, 0.15) is 18.2 Å². The van der Waals surface area contributed by atoms with Crippen molar-refractivity contribution < 1.29 is 9.53 Å². The Kier molecular flexibility index (Phi) is 6.62. The van der Waals surface area contributed by atoms with Crippen molar-refractivity contribution in [3.8, 4) is 28.7 Å². The third-order valence-corrected chi connectivity index (χ3v) is 4.45. The smallest absolute Gasteiger partial charge is 0.242 e. The molecule has 1 atom stereocenters. The van der Waals surface area contributed by atoms with Crippen LogP contribution in [0.5, 0.6) is 5.75 Å². The van der Waals surface area contributed by atoms with Gasteiger partial charge in [-0.15, -0.1) is 0 Å². The van der Waals surface area contributed by atoms with Gasteiger partial charge in [0.15, 0.2) is 0 Å². The minimum Gasteiger partial charge on any atom is -0.497 e. The van der Waals surface area contributed by atoms with E-state index in [9.17, 15) is 4.79 Å². The number of ether oxygens (including phenoxy) is 1. The van der Waals surface area contributed by atoms with Gasteiger partial charge in [0, 0.05) is 11.1 Å². The number of carbonyl (C=O) groups is 1. The molecule has 0 saturated heterocycles. The molecule has 0 bridgehead atoms. The lowest BCUT2D eigenvalue weighted by molar-refractivity contribution is -0.117. The molecule has 2 aromatic carbocycles. The number of anilines is 1. The Balaban J connectivity index is 2.03. The summed E-state index contributed by atoms with van der Waals surface area (Å²) < 4.78 is 5.34. The van der Waals surface area contributed by atoms with Crippen LogP contribution in [0.15, 0.2) is 66.7 Å². The van der Waals surface area contributed by atoms with Crippen LogP contribution < -0.4 is 15.4 Å². The molecule has 3 rings (SSSR count). The van der Waals surface area contributed by atoms with Crippen LogP contribution in [0.4, 0.5) is 5.82 Å². The second kappa shape index (κ2) is 9.54. The molecule has 0 fully saturated rings. The van der Waals surface area contributed by atoms with Gasteiger partial charge in [0.2, 0.25) is 5.91 Å². The van der Waals surface area contributed by atoms with Crippen LogP contribution in [0, 0.1) is 11.8 Å². The molecule has 3 aromatic rings. The van der Waals surface area contributed by atoms with Crippen molar-refractivity contribution >= 4 is 11.7 Å². The third-order valence-electron chi connectivity index (χ3n) is 4.45. The molecule has 0 aliphatic rings. The molecule has 0 spiro atoms. The Hall–Kier alpha value is -3.62. The first-order chi connectivity index (χ1) is 14.1. The molecule has 0 radical (unpaired) electrons. The number of nitrogens with zero attached hydrogens (tertiary/aromatic N) is 1. The van der Waals surface area contributed by atoms with Crippen LogP contribution in [0.2, 0.25) is 0 Å². The van der Waals surface area contributed by atoms with E-state index in [0.717, 1.165) is 22.4 Å². The molecule has 0 aliphatic heterocycles. The fourth-order valence-corrected chi connectivity index (χ4v) is 2.67. The number of benzene rings is 2. The van der Waals surface area contributed by atoms with Gasteiger partial charge in [0.1, 0.15) is 17.3 Å². The zero-order chi connectivity index (χ0) is 20.6. The molecule has 1 heterocycles. The molecule has 2 N–H and O–H groups in total. The second-order valence-electron chi connectivity index (χ2n) is 6.44. The summed E-state index contributed by atoms with van der Waals surface area (Å²) in [6, 6.07) is 20.8. The summed E-state index contributed by atoms with van der Waals surface area (Å²) in [5.41, 5.74) is 3.28. The standard InChI is InChI=1S/C24H23N3O2/c1-17(25-2)24(28)27-23-15-13-21(19-10-7-11-20(16-19)29-3)22(26-23)14-12-18-8-5-4-6-9-18/h4-11,13,15-17,25H,1-3H3,(H,26,27,28). The van der Waals surface area contributed by atoms with Gasteiger partial charge in [-0.25, -0.2) is 4.98 Å². The van der Waals surface area contributed by atoms with Gasteiger partial charge >= 0.3 is 0 Å². The van der Waals surface area contributed by atoms with Gasteiger partial charge in [-0.1, -0.05) is 36.3 Å². The first-order valence-electron chi connectivity index (χ1n) is 9.31. The predicted molar refractivity (Wildman–Crippen MR) is 116 cm³/mol. The van der Waals surface area contributed by atoms with Gasteiger partial charge in [-0.05, 0) is 61.9 Å². The van der Waals surface area contributed by atoms with Crippen molar-refractivity contribution in [3.05, 3.63) is 78.0 Å². The first-order valence-corrected chi connectivity index (χ1v) is 9.31. The van der Waals surface area contributed by atoms with Crippen LogP contribution >= 0.6 is 0 Å². The number of aromatic nitrogens is 1. The quantitative estimate of drug-likeness (QED) is 0.658. The van der Waals surface area contributed by atoms with Crippen molar-refractivity contribution in [2.45, 2.75) is 13.0 Å². The average Bonchev–Trinajstić information content (AvgIpc) is 2.78. The number of pyridine rings is 1. The van der Waals surface area contributed by atoms with Crippen LogP contribution in [0.25, 0.3) is 11.1 Å². The molecule has 146 valence electrons. The van der Waals surface area contributed by atoms with Gasteiger partial charge in [-0.3, -0.25) is 4.79 Å². The van der Waals surface area contributed by atoms with Gasteiger partial charge in [0.25, 0.3) is 0 Å². The van der Waals surface area contributed by atoms with E-state index in [2.05, 4.69) is 27.5 Å². The lowest BCUT2D eigenvalue weighted by Gasteiger charge is -2.12. The highest BCUT2D eigenvalue weighted by atomic mass is 16.5. The van der Waals surface area contributed by atoms with Crippen LogP contribution in [-0.2, 0) is 4.79 Å². The number of nitrogens with one attached hydrogen (secondary N) is 2. The van der Waals surface area contributed by atoms with Gasteiger partial charge < -0.3 is 15.4 Å². The fraction of sp³-hybridized carbons (Fsp3) is 0.167. The highest BCUT2D eigenvalue weighted by molar-refractivity contribution is 5.94. The summed E-state index contributed by atoms with van der Waals surface area (Å²) >= 11 is 0. The minimum atomic E-state index is -0.325. The molecular formula is C24H23N3O2. The van der Waals surface area contributed by atoms with Crippen molar-refractivity contribution in [1.29, 1.82) is 0 Å². The van der Waals surface area contributed by atoms with E-state index in [4.69, 9.17) is 4.74 Å². The monoisotopic (exact) mass is 385 g/mol. The maximum Gasteiger partial charge on any atom is 0.242 e. The van der Waals surface area contributed by atoms with E-state index in [-0.39, 0.29) is 11.9 Å². The zero-order valence-corrected chi connectivity index (χ0v) is 16.7. The highest BCUT2D eigenvalue weighted by Crippen LogP contribution is 2.27. The van der Waals surface area contributed by atoms with E-state index in [1.165, 1.54) is 0 Å². The Morgan fingerprint density at radius 1 is 1.03 bits per heavy atom. The summed E-state index contributed by atoms with van der Waals surface area (Å²) in [6.07, 6.45) is 0. The maximum absolute atomic E-state index is 12.2. The first kappa shape index (κ1) is 20.1. The number of methoxy groups -OCH3 is 1. The number of amides is 1. The number of hydrogen-bond donors (Lipinski definition) is 2. The predicted octanol–water partition coefficient (Wildman–Crippen LogP) is 3.70. The summed E-state index contributed by atoms with van der Waals surface area (Å²) in [5, 5.41) is 5.74. The van der Waals surface area contributed by atoms with E-state index in [0.29, 0.717) is 11.5 Å². The van der Waals surface area contributed by atoms with Gasteiger partial charge in [0.05, 0.1) is 13.2 Å². The van der Waals surface area contributed by atoms with E-state index >= 15 is 0 Å². The zero-order valence-electron chi connectivity index (χ0n) is 16.7. The number of rotatable bonds is 5.